The van der Waals surface area contributed by atoms with Crippen molar-refractivity contribution in [1.29, 1.82) is 5.26 Å². The van der Waals surface area contributed by atoms with Gasteiger partial charge in [-0.05, 0) is 32.0 Å². The number of nitriles is 1. The summed E-state index contributed by atoms with van der Waals surface area (Å²) in [5.74, 6) is -0.798. The van der Waals surface area contributed by atoms with Crippen LogP contribution in [0.25, 0.3) is 0 Å². The molecule has 0 heterocycles. The molecular weight excluding hydrogens is 246 g/mol. The second kappa shape index (κ2) is 5.40. The number of benzene rings is 1. The van der Waals surface area contributed by atoms with Gasteiger partial charge in [-0.2, -0.15) is 5.26 Å². The molecule has 0 fully saturated rings. The third-order valence-electron chi connectivity index (χ3n) is 2.57. The number of rotatable bonds is 4. The Hall–Kier alpha value is -2.55. The standard InChI is InChI=1S/C13H15N3O3/c1-13(2,7-14)12(18)16-8-4-5-10(19-3)9(6-8)11(15)17/h4-6H,1-3H3,(H2,15,17)(H,16,18). The van der Waals surface area contributed by atoms with Crippen LogP contribution >= 0.6 is 0 Å². The van der Waals surface area contributed by atoms with Gasteiger partial charge in [-0.3, -0.25) is 9.59 Å². The Bertz CT molecular complexity index is 559. The van der Waals surface area contributed by atoms with Crippen LogP contribution < -0.4 is 15.8 Å². The fourth-order valence-electron chi connectivity index (χ4n) is 1.32. The summed E-state index contributed by atoms with van der Waals surface area (Å²) in [4.78, 5) is 23.1. The zero-order valence-corrected chi connectivity index (χ0v) is 11.0. The normalized spacial score (nSPS) is 10.4. The van der Waals surface area contributed by atoms with E-state index >= 15 is 0 Å². The molecule has 100 valence electrons. The van der Waals surface area contributed by atoms with Crippen LogP contribution in [-0.2, 0) is 4.79 Å². The smallest absolute Gasteiger partial charge is 0.252 e. The van der Waals surface area contributed by atoms with E-state index in [1.165, 1.54) is 33.1 Å². The molecule has 1 aromatic carbocycles. The van der Waals surface area contributed by atoms with Gasteiger partial charge in [0.25, 0.3) is 5.91 Å². The zero-order valence-electron chi connectivity index (χ0n) is 11.0. The van der Waals surface area contributed by atoms with E-state index in [0.717, 1.165) is 0 Å². The molecule has 2 amide bonds. The second-order valence-electron chi connectivity index (χ2n) is 4.47. The van der Waals surface area contributed by atoms with Crippen LogP contribution in [0.15, 0.2) is 18.2 Å². The Labute approximate surface area is 111 Å². The fraction of sp³-hybridized carbons (Fsp3) is 0.308. The minimum atomic E-state index is -1.16. The summed E-state index contributed by atoms with van der Waals surface area (Å²) in [6.07, 6.45) is 0. The monoisotopic (exact) mass is 261 g/mol. The lowest BCUT2D eigenvalue weighted by Gasteiger charge is -2.16. The highest BCUT2D eigenvalue weighted by atomic mass is 16.5. The highest BCUT2D eigenvalue weighted by Gasteiger charge is 2.27. The Balaban J connectivity index is 3.05. The molecule has 0 aliphatic rings. The van der Waals surface area contributed by atoms with E-state index in [-0.39, 0.29) is 5.56 Å². The molecule has 0 atom stereocenters. The summed E-state index contributed by atoms with van der Waals surface area (Å²) in [6, 6.07) is 6.39. The summed E-state index contributed by atoms with van der Waals surface area (Å²) in [5, 5.41) is 11.4. The molecule has 0 bridgehead atoms. The van der Waals surface area contributed by atoms with E-state index in [1.54, 1.807) is 6.07 Å². The molecule has 0 aliphatic carbocycles. The number of primary amides is 1. The average molecular weight is 261 g/mol. The van der Waals surface area contributed by atoms with Crippen molar-refractivity contribution in [3.8, 4) is 11.8 Å². The van der Waals surface area contributed by atoms with Gasteiger partial charge in [0.15, 0.2) is 0 Å². The van der Waals surface area contributed by atoms with E-state index in [1.807, 2.05) is 6.07 Å². The van der Waals surface area contributed by atoms with Crippen LogP contribution in [0.5, 0.6) is 5.75 Å². The lowest BCUT2D eigenvalue weighted by molar-refractivity contribution is -0.121. The van der Waals surface area contributed by atoms with Crippen molar-refractivity contribution in [2.24, 2.45) is 11.1 Å². The number of hydrogen-bond acceptors (Lipinski definition) is 4. The van der Waals surface area contributed by atoms with Crippen molar-refractivity contribution in [3.05, 3.63) is 23.8 Å². The minimum absolute atomic E-state index is 0.162. The number of hydrogen-bond donors (Lipinski definition) is 2. The molecule has 0 radical (unpaired) electrons. The molecule has 6 heteroatoms. The highest BCUT2D eigenvalue weighted by Crippen LogP contribution is 2.24. The van der Waals surface area contributed by atoms with Gasteiger partial charge in [0.1, 0.15) is 11.2 Å². The molecule has 0 saturated heterocycles. The van der Waals surface area contributed by atoms with Crippen LogP contribution in [0, 0.1) is 16.7 Å². The first-order chi connectivity index (χ1) is 8.81. The molecule has 0 unspecified atom stereocenters. The maximum absolute atomic E-state index is 11.8. The lowest BCUT2D eigenvalue weighted by atomic mass is 9.94. The summed E-state index contributed by atoms with van der Waals surface area (Å²) in [6.45, 7) is 3.00. The molecular formula is C13H15N3O3. The SMILES string of the molecule is COc1ccc(NC(=O)C(C)(C)C#N)cc1C(N)=O. The first-order valence-electron chi connectivity index (χ1n) is 5.52. The van der Waals surface area contributed by atoms with E-state index in [2.05, 4.69) is 5.32 Å². The van der Waals surface area contributed by atoms with Crippen molar-refractivity contribution >= 4 is 17.5 Å². The number of nitrogens with one attached hydrogen (secondary N) is 1. The average Bonchev–Trinajstić information content (AvgIpc) is 2.38. The third kappa shape index (κ3) is 3.22. The Morgan fingerprint density at radius 3 is 2.53 bits per heavy atom. The summed E-state index contributed by atoms with van der Waals surface area (Å²) in [7, 11) is 1.42. The molecule has 19 heavy (non-hydrogen) atoms. The number of carbonyl (C=O) groups is 2. The van der Waals surface area contributed by atoms with Crippen LogP contribution in [0.1, 0.15) is 24.2 Å². The van der Waals surface area contributed by atoms with Gasteiger partial charge in [-0.1, -0.05) is 0 Å². The van der Waals surface area contributed by atoms with E-state index in [9.17, 15) is 9.59 Å². The number of nitrogens with two attached hydrogens (primary N) is 1. The lowest BCUT2D eigenvalue weighted by Crippen LogP contribution is -2.29. The summed E-state index contributed by atoms with van der Waals surface area (Å²) < 4.78 is 4.99. The molecule has 1 aromatic rings. The van der Waals surface area contributed by atoms with Gasteiger partial charge in [0, 0.05) is 5.69 Å². The molecule has 1 rings (SSSR count). The third-order valence-corrected chi connectivity index (χ3v) is 2.57. The van der Waals surface area contributed by atoms with Crippen LogP contribution in [-0.4, -0.2) is 18.9 Å². The van der Waals surface area contributed by atoms with Gasteiger partial charge in [-0.25, -0.2) is 0 Å². The van der Waals surface area contributed by atoms with Crippen molar-refractivity contribution in [2.75, 3.05) is 12.4 Å². The molecule has 0 saturated carbocycles. The Morgan fingerprint density at radius 1 is 1.42 bits per heavy atom. The minimum Gasteiger partial charge on any atom is -0.496 e. The Morgan fingerprint density at radius 2 is 2.05 bits per heavy atom. The number of carbonyl (C=O) groups excluding carboxylic acids is 2. The van der Waals surface area contributed by atoms with Gasteiger partial charge in [0.2, 0.25) is 5.91 Å². The van der Waals surface area contributed by atoms with Crippen LogP contribution in [0.4, 0.5) is 5.69 Å². The van der Waals surface area contributed by atoms with Gasteiger partial charge in [-0.15, -0.1) is 0 Å². The predicted octanol–water partition coefficient (Wildman–Crippen LogP) is 1.28. The quantitative estimate of drug-likeness (QED) is 0.851. The number of ether oxygens (including phenoxy) is 1. The molecule has 3 N–H and O–H groups in total. The first kappa shape index (κ1) is 14.5. The largest absolute Gasteiger partial charge is 0.496 e. The number of methoxy groups -OCH3 is 1. The van der Waals surface area contributed by atoms with Crippen molar-refractivity contribution in [2.45, 2.75) is 13.8 Å². The number of anilines is 1. The first-order valence-corrected chi connectivity index (χ1v) is 5.52. The van der Waals surface area contributed by atoms with Crippen LogP contribution in [0.3, 0.4) is 0 Å². The fourth-order valence-corrected chi connectivity index (χ4v) is 1.32. The van der Waals surface area contributed by atoms with Gasteiger partial charge in [0.05, 0.1) is 18.7 Å². The molecule has 0 spiro atoms. The molecule has 0 aliphatic heterocycles. The van der Waals surface area contributed by atoms with E-state index < -0.39 is 17.2 Å². The van der Waals surface area contributed by atoms with E-state index in [0.29, 0.717) is 11.4 Å². The van der Waals surface area contributed by atoms with Crippen molar-refractivity contribution < 1.29 is 14.3 Å². The second-order valence-corrected chi connectivity index (χ2v) is 4.47. The van der Waals surface area contributed by atoms with Crippen LogP contribution in [0.2, 0.25) is 0 Å². The van der Waals surface area contributed by atoms with Crippen molar-refractivity contribution in [1.82, 2.24) is 0 Å². The summed E-state index contributed by atoms with van der Waals surface area (Å²) >= 11 is 0. The predicted molar refractivity (Wildman–Crippen MR) is 69.5 cm³/mol. The van der Waals surface area contributed by atoms with Gasteiger partial charge < -0.3 is 15.8 Å². The topological polar surface area (TPSA) is 105 Å². The summed E-state index contributed by atoms with van der Waals surface area (Å²) in [5.41, 5.74) is 4.60. The molecule has 0 aromatic heterocycles. The van der Waals surface area contributed by atoms with Crippen molar-refractivity contribution in [3.63, 3.8) is 0 Å². The molecule has 6 nitrogen and oxygen atoms in total. The maximum atomic E-state index is 11.8. The number of nitrogens with zero attached hydrogens (tertiary/aromatic N) is 1. The van der Waals surface area contributed by atoms with Gasteiger partial charge >= 0.3 is 0 Å². The Kier molecular flexibility index (Phi) is 4.12. The zero-order chi connectivity index (χ0) is 14.6. The maximum Gasteiger partial charge on any atom is 0.252 e. The highest BCUT2D eigenvalue weighted by molar-refractivity contribution is 6.00. The number of amides is 2. The van der Waals surface area contributed by atoms with E-state index in [4.69, 9.17) is 15.7 Å².